The van der Waals surface area contributed by atoms with Gasteiger partial charge in [-0.05, 0) is 5.56 Å². The molecular formula is C12H16N2O4. The van der Waals surface area contributed by atoms with Crippen LogP contribution >= 0.6 is 0 Å². The molecule has 0 heterocycles. The van der Waals surface area contributed by atoms with E-state index < -0.39 is 12.1 Å². The normalized spacial score (nSPS) is 9.78. The van der Waals surface area contributed by atoms with E-state index in [0.29, 0.717) is 13.1 Å². The van der Waals surface area contributed by atoms with Gasteiger partial charge in [0, 0.05) is 13.1 Å². The van der Waals surface area contributed by atoms with Crippen LogP contribution in [-0.2, 0) is 16.1 Å². The first-order chi connectivity index (χ1) is 8.68. The predicted octanol–water partition coefficient (Wildman–Crippen LogP) is 0.587. The van der Waals surface area contributed by atoms with E-state index in [2.05, 4.69) is 10.6 Å². The minimum atomic E-state index is -0.929. The van der Waals surface area contributed by atoms with Crippen LogP contribution in [0.1, 0.15) is 5.56 Å². The molecule has 6 nitrogen and oxygen atoms in total. The number of amides is 1. The highest BCUT2D eigenvalue weighted by atomic mass is 16.5. The molecule has 1 aromatic carbocycles. The first-order valence-corrected chi connectivity index (χ1v) is 5.55. The van der Waals surface area contributed by atoms with Gasteiger partial charge < -0.3 is 20.5 Å². The van der Waals surface area contributed by atoms with Crippen LogP contribution in [0.5, 0.6) is 0 Å². The quantitative estimate of drug-likeness (QED) is 0.618. The first kappa shape index (κ1) is 14.0. The zero-order valence-corrected chi connectivity index (χ0v) is 9.89. The van der Waals surface area contributed by atoms with Gasteiger partial charge in [0.15, 0.2) is 0 Å². The molecule has 0 radical (unpaired) electrons. The molecule has 0 atom stereocenters. The van der Waals surface area contributed by atoms with Crippen LogP contribution in [0.25, 0.3) is 0 Å². The number of carbonyl (C=O) groups is 2. The number of benzene rings is 1. The van der Waals surface area contributed by atoms with Gasteiger partial charge in [-0.2, -0.15) is 0 Å². The van der Waals surface area contributed by atoms with Crippen LogP contribution in [0.15, 0.2) is 30.3 Å². The molecule has 1 aromatic rings. The molecule has 0 fully saturated rings. The number of carboxylic acids is 1. The lowest BCUT2D eigenvalue weighted by Crippen LogP contribution is -2.34. The molecule has 0 aliphatic carbocycles. The van der Waals surface area contributed by atoms with Crippen molar-refractivity contribution >= 4 is 12.1 Å². The van der Waals surface area contributed by atoms with Crippen LogP contribution in [0.4, 0.5) is 4.79 Å². The molecule has 0 aliphatic rings. The van der Waals surface area contributed by atoms with Gasteiger partial charge >= 0.3 is 12.1 Å². The van der Waals surface area contributed by atoms with Gasteiger partial charge in [0.2, 0.25) is 0 Å². The monoisotopic (exact) mass is 252 g/mol. The number of ether oxygens (including phenoxy) is 1. The van der Waals surface area contributed by atoms with Gasteiger partial charge in [0.1, 0.15) is 6.61 Å². The molecule has 0 bridgehead atoms. The first-order valence-electron chi connectivity index (χ1n) is 5.55. The van der Waals surface area contributed by atoms with Crippen LogP contribution in [0.3, 0.4) is 0 Å². The van der Waals surface area contributed by atoms with E-state index in [0.717, 1.165) is 5.56 Å². The van der Waals surface area contributed by atoms with Crippen LogP contribution in [0, 0.1) is 0 Å². The predicted molar refractivity (Wildman–Crippen MR) is 65.1 cm³/mol. The highest BCUT2D eigenvalue weighted by Gasteiger charge is 2.01. The number of carboxylic acid groups (broad SMARTS) is 1. The Morgan fingerprint density at radius 1 is 1.17 bits per heavy atom. The third kappa shape index (κ3) is 6.49. The van der Waals surface area contributed by atoms with E-state index in [1.54, 1.807) is 0 Å². The molecule has 98 valence electrons. The topological polar surface area (TPSA) is 87.7 Å². The van der Waals surface area contributed by atoms with E-state index in [1.807, 2.05) is 30.3 Å². The summed E-state index contributed by atoms with van der Waals surface area (Å²) in [6.07, 6.45) is -0.518. The van der Waals surface area contributed by atoms with Crippen molar-refractivity contribution in [2.75, 3.05) is 19.6 Å². The van der Waals surface area contributed by atoms with Crippen molar-refractivity contribution in [3.05, 3.63) is 35.9 Å². The molecule has 1 rings (SSSR count). The summed E-state index contributed by atoms with van der Waals surface area (Å²) in [4.78, 5) is 21.4. The largest absolute Gasteiger partial charge is 0.480 e. The van der Waals surface area contributed by atoms with Crippen molar-refractivity contribution in [3.8, 4) is 0 Å². The van der Waals surface area contributed by atoms with Gasteiger partial charge in [0.05, 0.1) is 6.54 Å². The maximum Gasteiger partial charge on any atom is 0.407 e. The Bertz CT molecular complexity index is 381. The van der Waals surface area contributed by atoms with Crippen molar-refractivity contribution in [2.45, 2.75) is 6.61 Å². The fourth-order valence-electron chi connectivity index (χ4n) is 1.22. The van der Waals surface area contributed by atoms with Crippen molar-refractivity contribution in [2.24, 2.45) is 0 Å². The van der Waals surface area contributed by atoms with Crippen LogP contribution < -0.4 is 10.6 Å². The van der Waals surface area contributed by atoms with E-state index in [-0.39, 0.29) is 13.2 Å². The molecule has 6 heteroatoms. The Morgan fingerprint density at radius 3 is 2.56 bits per heavy atom. The summed E-state index contributed by atoms with van der Waals surface area (Å²) in [7, 11) is 0. The summed E-state index contributed by atoms with van der Waals surface area (Å²) in [5.41, 5.74) is 0.914. The lowest BCUT2D eigenvalue weighted by Gasteiger charge is -2.07. The molecule has 3 N–H and O–H groups in total. The lowest BCUT2D eigenvalue weighted by atomic mass is 10.2. The minimum Gasteiger partial charge on any atom is -0.480 e. The fourth-order valence-corrected chi connectivity index (χ4v) is 1.22. The summed E-state index contributed by atoms with van der Waals surface area (Å²) < 4.78 is 4.96. The minimum absolute atomic E-state index is 0.124. The van der Waals surface area contributed by atoms with Crippen molar-refractivity contribution in [3.63, 3.8) is 0 Å². The summed E-state index contributed by atoms with van der Waals surface area (Å²) in [5.74, 6) is -0.929. The highest BCUT2D eigenvalue weighted by molar-refractivity contribution is 5.69. The number of rotatable bonds is 7. The van der Waals surface area contributed by atoms with Gasteiger partial charge in [-0.1, -0.05) is 30.3 Å². The molecular weight excluding hydrogens is 236 g/mol. The molecule has 0 spiro atoms. The molecule has 1 amide bonds. The number of hydrogen-bond acceptors (Lipinski definition) is 4. The van der Waals surface area contributed by atoms with Gasteiger partial charge in [0.25, 0.3) is 0 Å². The number of hydrogen-bond donors (Lipinski definition) is 3. The SMILES string of the molecule is O=C(O)CNCCNC(=O)OCc1ccccc1. The third-order valence-electron chi connectivity index (χ3n) is 2.06. The fraction of sp³-hybridized carbons (Fsp3) is 0.333. The van der Waals surface area contributed by atoms with E-state index >= 15 is 0 Å². The molecule has 0 aliphatic heterocycles. The Kier molecular flexibility index (Phi) is 6.27. The number of nitrogens with one attached hydrogen (secondary N) is 2. The summed E-state index contributed by atoms with van der Waals surface area (Å²) in [6, 6.07) is 9.35. The third-order valence-corrected chi connectivity index (χ3v) is 2.06. The van der Waals surface area contributed by atoms with E-state index in [1.165, 1.54) is 0 Å². The van der Waals surface area contributed by atoms with Gasteiger partial charge in [-0.15, -0.1) is 0 Å². The average Bonchev–Trinajstić information content (AvgIpc) is 2.37. The Hall–Kier alpha value is -2.08. The molecule has 0 aromatic heterocycles. The summed E-state index contributed by atoms with van der Waals surface area (Å²) in [5, 5.41) is 13.5. The van der Waals surface area contributed by atoms with Crippen molar-refractivity contribution in [1.29, 1.82) is 0 Å². The Balaban J connectivity index is 2.06. The van der Waals surface area contributed by atoms with Crippen molar-refractivity contribution < 1.29 is 19.4 Å². The number of carbonyl (C=O) groups excluding carboxylic acids is 1. The van der Waals surface area contributed by atoms with E-state index in [4.69, 9.17) is 9.84 Å². The molecule has 0 saturated carbocycles. The summed E-state index contributed by atoms with van der Waals surface area (Å²) in [6.45, 7) is 0.795. The smallest absolute Gasteiger partial charge is 0.407 e. The lowest BCUT2D eigenvalue weighted by molar-refractivity contribution is -0.135. The van der Waals surface area contributed by atoms with Crippen molar-refractivity contribution in [1.82, 2.24) is 10.6 Å². The molecule has 0 unspecified atom stereocenters. The Morgan fingerprint density at radius 2 is 1.89 bits per heavy atom. The second kappa shape index (κ2) is 8.08. The molecule has 0 saturated heterocycles. The second-order valence-corrected chi connectivity index (χ2v) is 3.56. The van der Waals surface area contributed by atoms with Crippen LogP contribution in [-0.4, -0.2) is 36.8 Å². The summed E-state index contributed by atoms with van der Waals surface area (Å²) >= 11 is 0. The standard InChI is InChI=1S/C12H16N2O4/c15-11(16)8-13-6-7-14-12(17)18-9-10-4-2-1-3-5-10/h1-5,13H,6-9H2,(H,14,17)(H,15,16). The van der Waals surface area contributed by atoms with E-state index in [9.17, 15) is 9.59 Å². The zero-order valence-electron chi connectivity index (χ0n) is 9.89. The highest BCUT2D eigenvalue weighted by Crippen LogP contribution is 2.00. The Labute approximate surface area is 105 Å². The number of alkyl carbamates (subject to hydrolysis) is 1. The zero-order chi connectivity index (χ0) is 13.2. The number of aliphatic carboxylic acids is 1. The maximum absolute atomic E-state index is 11.2. The van der Waals surface area contributed by atoms with Gasteiger partial charge in [-0.3, -0.25) is 4.79 Å². The maximum atomic E-state index is 11.2. The van der Waals surface area contributed by atoms with Crippen LogP contribution in [0.2, 0.25) is 0 Å². The molecule has 18 heavy (non-hydrogen) atoms. The second-order valence-electron chi connectivity index (χ2n) is 3.56. The average molecular weight is 252 g/mol. The van der Waals surface area contributed by atoms with Gasteiger partial charge in [-0.25, -0.2) is 4.79 Å².